The molecule has 4 heteroatoms. The van der Waals surface area contributed by atoms with E-state index >= 15 is 0 Å². The predicted octanol–water partition coefficient (Wildman–Crippen LogP) is 2.99. The Labute approximate surface area is 123 Å². The van der Waals surface area contributed by atoms with Crippen LogP contribution in [0.25, 0.3) is 0 Å². The molecule has 1 aliphatic rings. The fourth-order valence-corrected chi connectivity index (χ4v) is 2.80. The number of amides is 1. The van der Waals surface area contributed by atoms with Crippen LogP contribution in [0.4, 0.5) is 5.69 Å². The molecule has 21 heavy (non-hydrogen) atoms. The Kier molecular flexibility index (Phi) is 3.52. The Morgan fingerprint density at radius 2 is 2.00 bits per heavy atom. The topological polar surface area (TPSA) is 49.8 Å². The van der Waals surface area contributed by atoms with Crippen LogP contribution >= 0.6 is 0 Å². The number of ether oxygens (including phenoxy) is 1. The molecule has 1 N–H and O–H groups in total. The zero-order valence-electron chi connectivity index (χ0n) is 11.9. The highest BCUT2D eigenvalue weighted by Crippen LogP contribution is 2.36. The van der Waals surface area contributed by atoms with Crippen LogP contribution in [0.2, 0.25) is 0 Å². The van der Waals surface area contributed by atoms with E-state index in [9.17, 15) is 9.90 Å². The highest BCUT2D eigenvalue weighted by atomic mass is 16.5. The summed E-state index contributed by atoms with van der Waals surface area (Å²) in [6.07, 6.45) is 1.76. The summed E-state index contributed by atoms with van der Waals surface area (Å²) in [6, 6.07) is 12.5. The number of methoxy groups -OCH3 is 1. The number of phenols is 1. The summed E-state index contributed by atoms with van der Waals surface area (Å²) in [4.78, 5) is 14.5. The van der Waals surface area contributed by atoms with Crippen molar-refractivity contribution in [2.75, 3.05) is 18.6 Å². The fourth-order valence-electron chi connectivity index (χ4n) is 2.80. The van der Waals surface area contributed by atoms with E-state index in [1.54, 1.807) is 30.2 Å². The van der Waals surface area contributed by atoms with Gasteiger partial charge in [0.2, 0.25) is 0 Å². The van der Waals surface area contributed by atoms with Gasteiger partial charge in [-0.3, -0.25) is 4.79 Å². The van der Waals surface area contributed by atoms with Crippen LogP contribution in [0.5, 0.6) is 11.5 Å². The lowest BCUT2D eigenvalue weighted by atomic mass is 10.00. The molecule has 2 aromatic rings. The number of aromatic hydroxyl groups is 1. The highest BCUT2D eigenvalue weighted by molar-refractivity contribution is 6.09. The van der Waals surface area contributed by atoms with Crippen molar-refractivity contribution < 1.29 is 14.6 Å². The third kappa shape index (κ3) is 2.33. The first-order chi connectivity index (χ1) is 10.2. The van der Waals surface area contributed by atoms with E-state index < -0.39 is 0 Å². The zero-order valence-corrected chi connectivity index (χ0v) is 11.9. The summed E-state index contributed by atoms with van der Waals surface area (Å²) in [7, 11) is 1.55. The molecule has 0 saturated heterocycles. The Hall–Kier alpha value is -2.49. The molecular formula is C17H17NO3. The molecule has 4 nitrogen and oxygen atoms in total. The van der Waals surface area contributed by atoms with E-state index in [4.69, 9.17) is 4.74 Å². The third-order valence-corrected chi connectivity index (χ3v) is 3.78. The number of carbonyl (C=O) groups excluding carboxylic acids is 1. The van der Waals surface area contributed by atoms with Gasteiger partial charge in [-0.15, -0.1) is 0 Å². The molecule has 0 saturated carbocycles. The molecule has 108 valence electrons. The van der Waals surface area contributed by atoms with Gasteiger partial charge in [-0.1, -0.05) is 24.3 Å². The normalized spacial score (nSPS) is 13.7. The molecular weight excluding hydrogens is 266 g/mol. The van der Waals surface area contributed by atoms with Gasteiger partial charge in [0.05, 0.1) is 18.4 Å². The van der Waals surface area contributed by atoms with Crippen molar-refractivity contribution in [1.29, 1.82) is 0 Å². The molecule has 0 fully saturated rings. The zero-order chi connectivity index (χ0) is 14.8. The van der Waals surface area contributed by atoms with Crippen molar-refractivity contribution in [3.05, 3.63) is 53.6 Å². The fraction of sp³-hybridized carbons (Fsp3) is 0.235. The standard InChI is InChI=1S/C17H17NO3/c1-21-15-10-3-2-8-13(15)17(20)18-11-5-7-12-6-4-9-14(19)16(12)18/h2-4,6,8-10,19H,5,7,11H2,1H3. The molecule has 3 rings (SSSR count). The number of para-hydroxylation sites is 2. The summed E-state index contributed by atoms with van der Waals surface area (Å²) in [6.45, 7) is 0.599. The van der Waals surface area contributed by atoms with E-state index in [0.717, 1.165) is 18.4 Å². The van der Waals surface area contributed by atoms with Crippen LogP contribution in [0.1, 0.15) is 22.3 Å². The monoisotopic (exact) mass is 283 g/mol. The first kappa shape index (κ1) is 13.5. The average Bonchev–Trinajstić information content (AvgIpc) is 2.54. The number of anilines is 1. The lowest BCUT2D eigenvalue weighted by molar-refractivity contribution is 0.0981. The van der Waals surface area contributed by atoms with Crippen molar-refractivity contribution in [3.8, 4) is 11.5 Å². The Morgan fingerprint density at radius 1 is 1.19 bits per heavy atom. The molecule has 2 aromatic carbocycles. The molecule has 1 heterocycles. The molecule has 1 amide bonds. The Bertz CT molecular complexity index is 681. The second-order valence-electron chi connectivity index (χ2n) is 5.05. The average molecular weight is 283 g/mol. The van der Waals surface area contributed by atoms with Gasteiger partial charge in [0.25, 0.3) is 5.91 Å². The van der Waals surface area contributed by atoms with Crippen LogP contribution in [0.3, 0.4) is 0 Å². The number of aryl methyl sites for hydroxylation is 1. The molecule has 0 bridgehead atoms. The lowest BCUT2D eigenvalue weighted by Crippen LogP contribution is -2.35. The van der Waals surface area contributed by atoms with Crippen molar-refractivity contribution in [2.24, 2.45) is 0 Å². The number of carbonyl (C=O) groups is 1. The predicted molar refractivity (Wildman–Crippen MR) is 81.1 cm³/mol. The first-order valence-corrected chi connectivity index (χ1v) is 6.98. The summed E-state index contributed by atoms with van der Waals surface area (Å²) >= 11 is 0. The SMILES string of the molecule is COc1ccccc1C(=O)N1CCCc2cccc(O)c21. The Balaban J connectivity index is 2.05. The second-order valence-corrected chi connectivity index (χ2v) is 5.05. The summed E-state index contributed by atoms with van der Waals surface area (Å²) in [5, 5.41) is 10.1. The molecule has 0 aliphatic carbocycles. The van der Waals surface area contributed by atoms with Gasteiger partial charge in [0, 0.05) is 6.54 Å². The minimum Gasteiger partial charge on any atom is -0.506 e. The minimum atomic E-state index is -0.144. The molecule has 1 aliphatic heterocycles. The van der Waals surface area contributed by atoms with Gasteiger partial charge in [0.15, 0.2) is 0 Å². The van der Waals surface area contributed by atoms with E-state index in [0.29, 0.717) is 23.5 Å². The van der Waals surface area contributed by atoms with Crippen molar-refractivity contribution >= 4 is 11.6 Å². The van der Waals surface area contributed by atoms with Gasteiger partial charge in [-0.2, -0.15) is 0 Å². The smallest absolute Gasteiger partial charge is 0.262 e. The Morgan fingerprint density at radius 3 is 2.81 bits per heavy atom. The van der Waals surface area contributed by atoms with Crippen LogP contribution in [0.15, 0.2) is 42.5 Å². The number of benzene rings is 2. The van der Waals surface area contributed by atoms with Gasteiger partial charge >= 0.3 is 0 Å². The maximum absolute atomic E-state index is 12.8. The maximum atomic E-state index is 12.8. The van der Waals surface area contributed by atoms with Gasteiger partial charge in [-0.25, -0.2) is 0 Å². The number of rotatable bonds is 2. The molecule has 0 atom stereocenters. The largest absolute Gasteiger partial charge is 0.506 e. The molecule has 0 unspecified atom stereocenters. The summed E-state index contributed by atoms with van der Waals surface area (Å²) in [5.41, 5.74) is 2.14. The van der Waals surface area contributed by atoms with Crippen LogP contribution in [-0.2, 0) is 6.42 Å². The quantitative estimate of drug-likeness (QED) is 0.921. The number of phenolic OH excluding ortho intramolecular Hbond substituents is 1. The van der Waals surface area contributed by atoms with Crippen molar-refractivity contribution in [2.45, 2.75) is 12.8 Å². The lowest BCUT2D eigenvalue weighted by Gasteiger charge is -2.30. The van der Waals surface area contributed by atoms with Gasteiger partial charge < -0.3 is 14.7 Å². The number of nitrogens with zero attached hydrogens (tertiary/aromatic N) is 1. The van der Waals surface area contributed by atoms with Gasteiger partial charge in [0.1, 0.15) is 11.5 Å². The van der Waals surface area contributed by atoms with E-state index in [2.05, 4.69) is 0 Å². The minimum absolute atomic E-state index is 0.144. The molecule has 0 radical (unpaired) electrons. The van der Waals surface area contributed by atoms with E-state index in [-0.39, 0.29) is 11.7 Å². The maximum Gasteiger partial charge on any atom is 0.262 e. The first-order valence-electron chi connectivity index (χ1n) is 6.98. The molecule has 0 aromatic heterocycles. The van der Waals surface area contributed by atoms with Crippen LogP contribution in [-0.4, -0.2) is 24.7 Å². The number of fused-ring (bicyclic) bond motifs is 1. The second kappa shape index (κ2) is 5.48. The van der Waals surface area contributed by atoms with Crippen molar-refractivity contribution in [1.82, 2.24) is 0 Å². The van der Waals surface area contributed by atoms with Gasteiger partial charge in [-0.05, 0) is 36.6 Å². The third-order valence-electron chi connectivity index (χ3n) is 3.78. The highest BCUT2D eigenvalue weighted by Gasteiger charge is 2.27. The van der Waals surface area contributed by atoms with E-state index in [1.165, 1.54) is 0 Å². The summed E-state index contributed by atoms with van der Waals surface area (Å²) < 4.78 is 5.27. The molecule has 0 spiro atoms. The van der Waals surface area contributed by atoms with Crippen molar-refractivity contribution in [3.63, 3.8) is 0 Å². The number of hydrogen-bond donors (Lipinski definition) is 1. The van der Waals surface area contributed by atoms with E-state index in [1.807, 2.05) is 24.3 Å². The summed E-state index contributed by atoms with van der Waals surface area (Å²) in [5.74, 6) is 0.551. The van der Waals surface area contributed by atoms with Crippen LogP contribution in [0, 0.1) is 0 Å². The van der Waals surface area contributed by atoms with Crippen LogP contribution < -0.4 is 9.64 Å². The number of hydrogen-bond acceptors (Lipinski definition) is 3.